The van der Waals surface area contributed by atoms with Gasteiger partial charge < -0.3 is 5.32 Å². The molecule has 11 heteroatoms. The summed E-state index contributed by atoms with van der Waals surface area (Å²) in [4.78, 5) is 14.6. The summed E-state index contributed by atoms with van der Waals surface area (Å²) in [5.74, 6) is -2.30. The number of halogens is 5. The molecule has 4 rings (SSSR count). The minimum atomic E-state index is -4.57. The van der Waals surface area contributed by atoms with Crippen molar-refractivity contribution in [3.63, 3.8) is 0 Å². The third-order valence-electron chi connectivity index (χ3n) is 5.50. The monoisotopic (exact) mass is 465 g/mol. The number of hydrogen-bond donors (Lipinski definition) is 1. The van der Waals surface area contributed by atoms with Gasteiger partial charge in [0.25, 0.3) is 5.91 Å². The summed E-state index contributed by atoms with van der Waals surface area (Å²) in [5, 5.41) is 10.2. The lowest BCUT2D eigenvalue weighted by atomic mass is 10.0. The van der Waals surface area contributed by atoms with E-state index in [1.807, 2.05) is 0 Å². The predicted octanol–water partition coefficient (Wildman–Crippen LogP) is 3.96. The second-order valence-electron chi connectivity index (χ2n) is 7.84. The van der Waals surface area contributed by atoms with E-state index in [0.717, 1.165) is 23.0 Å². The SMILES string of the molecule is O=C(NC1CCN(Cc2ccc(F)c(F)c2)CC1)c1cn(-c2ccccc2C(F)(F)F)nn1. The highest BCUT2D eigenvalue weighted by molar-refractivity contribution is 5.92. The number of nitrogens with zero attached hydrogens (tertiary/aromatic N) is 4. The summed E-state index contributed by atoms with van der Waals surface area (Å²) >= 11 is 0. The lowest BCUT2D eigenvalue weighted by Crippen LogP contribution is -2.44. The number of likely N-dealkylation sites (tertiary alicyclic amines) is 1. The van der Waals surface area contributed by atoms with E-state index >= 15 is 0 Å². The number of para-hydroxylation sites is 1. The summed E-state index contributed by atoms with van der Waals surface area (Å²) in [5.41, 5.74) is -0.527. The molecule has 174 valence electrons. The molecular weight excluding hydrogens is 445 g/mol. The minimum absolute atomic E-state index is 0.0869. The van der Waals surface area contributed by atoms with Gasteiger partial charge in [0, 0.05) is 25.7 Å². The molecule has 2 heterocycles. The number of hydrogen-bond acceptors (Lipinski definition) is 4. The Labute approximate surface area is 186 Å². The van der Waals surface area contributed by atoms with Gasteiger partial charge in [-0.1, -0.05) is 23.4 Å². The molecule has 1 fully saturated rings. The van der Waals surface area contributed by atoms with Crippen LogP contribution in [0, 0.1) is 11.6 Å². The number of alkyl halides is 3. The normalized spacial score (nSPS) is 15.5. The molecular formula is C22H20F5N5O. The van der Waals surface area contributed by atoms with Crippen LogP contribution in [0.4, 0.5) is 22.0 Å². The molecule has 2 aromatic carbocycles. The van der Waals surface area contributed by atoms with Crippen molar-refractivity contribution < 1.29 is 26.7 Å². The zero-order chi connectivity index (χ0) is 23.6. The lowest BCUT2D eigenvalue weighted by molar-refractivity contribution is -0.137. The van der Waals surface area contributed by atoms with Crippen LogP contribution in [0.25, 0.3) is 5.69 Å². The quantitative estimate of drug-likeness (QED) is 0.580. The summed E-state index contributed by atoms with van der Waals surface area (Å²) in [6.07, 6.45) is -2.16. The van der Waals surface area contributed by atoms with E-state index in [-0.39, 0.29) is 17.4 Å². The fourth-order valence-electron chi connectivity index (χ4n) is 3.79. The Hall–Kier alpha value is -3.34. The number of aromatic nitrogens is 3. The van der Waals surface area contributed by atoms with Crippen molar-refractivity contribution in [2.45, 2.75) is 31.6 Å². The number of rotatable bonds is 5. The minimum Gasteiger partial charge on any atom is -0.348 e. The number of carbonyl (C=O) groups is 1. The molecule has 1 aliphatic rings. The van der Waals surface area contributed by atoms with Crippen molar-refractivity contribution in [1.29, 1.82) is 0 Å². The number of benzene rings is 2. The zero-order valence-corrected chi connectivity index (χ0v) is 17.3. The summed E-state index contributed by atoms with van der Waals surface area (Å²) in [7, 11) is 0. The second kappa shape index (κ2) is 9.26. The first-order valence-electron chi connectivity index (χ1n) is 10.3. The second-order valence-corrected chi connectivity index (χ2v) is 7.84. The van der Waals surface area contributed by atoms with Gasteiger partial charge in [-0.2, -0.15) is 13.2 Å². The molecule has 1 aromatic heterocycles. The Morgan fingerprint density at radius 2 is 1.79 bits per heavy atom. The van der Waals surface area contributed by atoms with E-state index in [4.69, 9.17) is 0 Å². The van der Waals surface area contributed by atoms with Gasteiger partial charge in [0.15, 0.2) is 17.3 Å². The molecule has 33 heavy (non-hydrogen) atoms. The van der Waals surface area contributed by atoms with Crippen LogP contribution in [-0.4, -0.2) is 44.9 Å². The Bertz CT molecular complexity index is 1140. The molecule has 0 atom stereocenters. The molecule has 1 saturated heterocycles. The highest BCUT2D eigenvalue weighted by atomic mass is 19.4. The van der Waals surface area contributed by atoms with Crippen LogP contribution in [0.2, 0.25) is 0 Å². The maximum atomic E-state index is 13.4. The van der Waals surface area contributed by atoms with Crippen LogP contribution in [-0.2, 0) is 12.7 Å². The van der Waals surface area contributed by atoms with Gasteiger partial charge in [0.2, 0.25) is 0 Å². The fraction of sp³-hybridized carbons (Fsp3) is 0.318. The first-order valence-corrected chi connectivity index (χ1v) is 10.3. The van der Waals surface area contributed by atoms with Gasteiger partial charge in [-0.15, -0.1) is 5.10 Å². The van der Waals surface area contributed by atoms with Crippen LogP contribution in [0.15, 0.2) is 48.7 Å². The molecule has 0 spiro atoms. The maximum absolute atomic E-state index is 13.4. The lowest BCUT2D eigenvalue weighted by Gasteiger charge is -2.32. The Morgan fingerprint density at radius 1 is 1.06 bits per heavy atom. The number of amides is 1. The highest BCUT2D eigenvalue weighted by Gasteiger charge is 2.34. The van der Waals surface area contributed by atoms with Crippen LogP contribution in [0.3, 0.4) is 0 Å². The van der Waals surface area contributed by atoms with Gasteiger partial charge in [0.05, 0.1) is 17.4 Å². The van der Waals surface area contributed by atoms with Crippen molar-refractivity contribution >= 4 is 5.91 Å². The molecule has 0 aliphatic carbocycles. The third-order valence-corrected chi connectivity index (χ3v) is 5.50. The van der Waals surface area contributed by atoms with E-state index in [1.54, 1.807) is 0 Å². The molecule has 1 aliphatic heterocycles. The average Bonchev–Trinajstić information content (AvgIpc) is 3.27. The van der Waals surface area contributed by atoms with Crippen molar-refractivity contribution in [3.8, 4) is 5.69 Å². The third kappa shape index (κ3) is 5.36. The van der Waals surface area contributed by atoms with Crippen molar-refractivity contribution in [2.75, 3.05) is 13.1 Å². The molecule has 0 saturated carbocycles. The fourth-order valence-corrected chi connectivity index (χ4v) is 3.79. The van der Waals surface area contributed by atoms with Gasteiger partial charge in [-0.05, 0) is 42.7 Å². The Morgan fingerprint density at radius 3 is 2.48 bits per heavy atom. The Kier molecular flexibility index (Phi) is 6.41. The summed E-state index contributed by atoms with van der Waals surface area (Å²) < 4.78 is 67.1. The molecule has 1 N–H and O–H groups in total. The summed E-state index contributed by atoms with van der Waals surface area (Å²) in [6.45, 7) is 1.73. The summed E-state index contributed by atoms with van der Waals surface area (Å²) in [6, 6.07) is 8.56. The molecule has 0 radical (unpaired) electrons. The molecule has 6 nitrogen and oxygen atoms in total. The first-order chi connectivity index (χ1) is 15.7. The topological polar surface area (TPSA) is 63.1 Å². The van der Waals surface area contributed by atoms with Gasteiger partial charge >= 0.3 is 6.18 Å². The first kappa shape index (κ1) is 22.8. The van der Waals surface area contributed by atoms with Crippen molar-refractivity contribution in [2.24, 2.45) is 0 Å². The van der Waals surface area contributed by atoms with E-state index < -0.39 is 29.3 Å². The van der Waals surface area contributed by atoms with Crippen molar-refractivity contribution in [3.05, 3.63) is 77.1 Å². The average molecular weight is 465 g/mol. The van der Waals surface area contributed by atoms with Crippen LogP contribution < -0.4 is 5.32 Å². The molecule has 3 aromatic rings. The van der Waals surface area contributed by atoms with E-state index in [0.29, 0.717) is 38.0 Å². The molecule has 0 unspecified atom stereocenters. The maximum Gasteiger partial charge on any atom is 0.418 e. The van der Waals surface area contributed by atoms with Gasteiger partial charge in [-0.25, -0.2) is 13.5 Å². The van der Waals surface area contributed by atoms with E-state index in [1.165, 1.54) is 30.3 Å². The van der Waals surface area contributed by atoms with Crippen LogP contribution in [0.1, 0.15) is 34.5 Å². The van der Waals surface area contributed by atoms with Gasteiger partial charge in [-0.3, -0.25) is 9.69 Å². The highest BCUT2D eigenvalue weighted by Crippen LogP contribution is 2.33. The number of piperidine rings is 1. The van der Waals surface area contributed by atoms with E-state index in [9.17, 15) is 26.7 Å². The van der Waals surface area contributed by atoms with Gasteiger partial charge in [0.1, 0.15) is 0 Å². The van der Waals surface area contributed by atoms with E-state index in [2.05, 4.69) is 20.5 Å². The largest absolute Gasteiger partial charge is 0.418 e. The standard InChI is InChI=1S/C22H20F5N5O/c23-17-6-5-14(11-18(17)24)12-31-9-7-15(8-10-31)28-21(33)19-13-32(30-29-19)20-4-2-1-3-16(20)22(25,26)27/h1-6,11,13,15H,7-10,12H2,(H,28,33). The van der Waals surface area contributed by atoms with Crippen molar-refractivity contribution in [1.82, 2.24) is 25.2 Å². The van der Waals surface area contributed by atoms with Crippen LogP contribution >= 0.6 is 0 Å². The number of carbonyl (C=O) groups excluding carboxylic acids is 1. The molecule has 1 amide bonds. The molecule has 0 bridgehead atoms. The smallest absolute Gasteiger partial charge is 0.348 e. The Balaban J connectivity index is 1.34. The number of nitrogens with one attached hydrogen (secondary N) is 1. The predicted molar refractivity (Wildman–Crippen MR) is 108 cm³/mol. The van der Waals surface area contributed by atoms with Crippen LogP contribution in [0.5, 0.6) is 0 Å². The zero-order valence-electron chi connectivity index (χ0n) is 17.3.